The Balaban J connectivity index is 2.81. The standard InChI is InChI=1S/C14H19F6N3/c15-13(16,17)10-4-9(5-11(6-10)14(18,19)20)7-23-8-12(22)2-1-3-21/h4-6,12,23H,1-3,7-8,21-22H2/t12-/m0/s1. The normalized spacial score (nSPS) is 14.1. The van der Waals surface area contributed by atoms with E-state index < -0.39 is 23.5 Å². The van der Waals surface area contributed by atoms with Gasteiger partial charge in [0.15, 0.2) is 0 Å². The summed E-state index contributed by atoms with van der Waals surface area (Å²) in [4.78, 5) is 0. The zero-order chi connectivity index (χ0) is 17.7. The molecule has 0 saturated heterocycles. The third-order valence-electron chi connectivity index (χ3n) is 3.16. The number of halogens is 6. The molecule has 0 aromatic heterocycles. The Morgan fingerprint density at radius 2 is 1.48 bits per heavy atom. The molecule has 0 heterocycles. The maximum absolute atomic E-state index is 12.7. The molecule has 0 amide bonds. The summed E-state index contributed by atoms with van der Waals surface area (Å²) in [7, 11) is 0. The van der Waals surface area contributed by atoms with Gasteiger partial charge in [0.25, 0.3) is 0 Å². The molecular weight excluding hydrogens is 324 g/mol. The fourth-order valence-electron chi connectivity index (χ4n) is 2.01. The Morgan fingerprint density at radius 1 is 0.957 bits per heavy atom. The molecule has 1 rings (SSSR count). The van der Waals surface area contributed by atoms with Gasteiger partial charge in [-0.1, -0.05) is 0 Å². The summed E-state index contributed by atoms with van der Waals surface area (Å²) < 4.78 is 76.2. The van der Waals surface area contributed by atoms with Gasteiger partial charge in [-0.15, -0.1) is 0 Å². The van der Waals surface area contributed by atoms with E-state index in [0.29, 0.717) is 31.5 Å². The van der Waals surface area contributed by atoms with Crippen molar-refractivity contribution in [1.29, 1.82) is 0 Å². The molecule has 0 aliphatic heterocycles. The van der Waals surface area contributed by atoms with Gasteiger partial charge in [0, 0.05) is 19.1 Å². The third-order valence-corrected chi connectivity index (χ3v) is 3.16. The van der Waals surface area contributed by atoms with Gasteiger partial charge in [0.1, 0.15) is 0 Å². The summed E-state index contributed by atoms with van der Waals surface area (Å²) in [5.41, 5.74) is 8.32. The first kappa shape index (κ1) is 19.7. The molecule has 23 heavy (non-hydrogen) atoms. The Bertz CT molecular complexity index is 466. The maximum Gasteiger partial charge on any atom is 0.416 e. The zero-order valence-electron chi connectivity index (χ0n) is 12.3. The molecule has 0 spiro atoms. The highest BCUT2D eigenvalue weighted by molar-refractivity contribution is 5.33. The molecule has 132 valence electrons. The average molecular weight is 343 g/mol. The second-order valence-electron chi connectivity index (χ2n) is 5.24. The van der Waals surface area contributed by atoms with Crippen molar-refractivity contribution in [2.75, 3.05) is 13.1 Å². The van der Waals surface area contributed by atoms with Crippen LogP contribution in [0.4, 0.5) is 26.3 Å². The van der Waals surface area contributed by atoms with E-state index in [1.165, 1.54) is 0 Å². The molecule has 3 nitrogen and oxygen atoms in total. The minimum Gasteiger partial charge on any atom is -0.330 e. The van der Waals surface area contributed by atoms with Crippen LogP contribution in [0.5, 0.6) is 0 Å². The van der Waals surface area contributed by atoms with Crippen molar-refractivity contribution in [1.82, 2.24) is 5.32 Å². The minimum absolute atomic E-state index is 0.0989. The van der Waals surface area contributed by atoms with Crippen molar-refractivity contribution in [3.05, 3.63) is 34.9 Å². The van der Waals surface area contributed by atoms with E-state index in [9.17, 15) is 26.3 Å². The van der Waals surface area contributed by atoms with Crippen molar-refractivity contribution in [3.63, 3.8) is 0 Å². The molecule has 0 bridgehead atoms. The van der Waals surface area contributed by atoms with Crippen LogP contribution in [0.1, 0.15) is 29.5 Å². The summed E-state index contributed by atoms with van der Waals surface area (Å²) in [6.45, 7) is 0.608. The molecule has 1 atom stereocenters. The monoisotopic (exact) mass is 343 g/mol. The van der Waals surface area contributed by atoms with E-state index in [0.717, 1.165) is 0 Å². The number of benzene rings is 1. The van der Waals surface area contributed by atoms with Crippen molar-refractivity contribution in [2.24, 2.45) is 11.5 Å². The molecule has 0 aliphatic rings. The predicted octanol–water partition coefficient (Wildman–Crippen LogP) is 2.88. The Morgan fingerprint density at radius 3 is 1.91 bits per heavy atom. The van der Waals surface area contributed by atoms with Crippen molar-refractivity contribution in [3.8, 4) is 0 Å². The van der Waals surface area contributed by atoms with E-state index in [4.69, 9.17) is 11.5 Å². The smallest absolute Gasteiger partial charge is 0.330 e. The summed E-state index contributed by atoms with van der Waals surface area (Å²) >= 11 is 0. The molecule has 0 aliphatic carbocycles. The Hall–Kier alpha value is -1.32. The second kappa shape index (κ2) is 7.98. The van der Waals surface area contributed by atoms with Crippen LogP contribution >= 0.6 is 0 Å². The Labute approximate surface area is 130 Å². The second-order valence-corrected chi connectivity index (χ2v) is 5.24. The fourth-order valence-corrected chi connectivity index (χ4v) is 2.01. The highest BCUT2D eigenvalue weighted by atomic mass is 19.4. The molecule has 9 heteroatoms. The molecule has 0 saturated carbocycles. The summed E-state index contributed by atoms with van der Waals surface area (Å²) in [5.74, 6) is 0. The van der Waals surface area contributed by atoms with E-state index >= 15 is 0 Å². The average Bonchev–Trinajstić information content (AvgIpc) is 2.43. The first-order valence-corrected chi connectivity index (χ1v) is 6.98. The van der Waals surface area contributed by atoms with Crippen molar-refractivity contribution < 1.29 is 26.3 Å². The van der Waals surface area contributed by atoms with Gasteiger partial charge in [-0.3, -0.25) is 0 Å². The van der Waals surface area contributed by atoms with E-state index in [2.05, 4.69) is 5.32 Å². The molecule has 0 fully saturated rings. The van der Waals surface area contributed by atoms with E-state index in [-0.39, 0.29) is 30.8 Å². The lowest BCUT2D eigenvalue weighted by Gasteiger charge is -2.16. The lowest BCUT2D eigenvalue weighted by atomic mass is 10.0. The van der Waals surface area contributed by atoms with Crippen LogP contribution in [-0.4, -0.2) is 19.1 Å². The first-order valence-electron chi connectivity index (χ1n) is 6.98. The van der Waals surface area contributed by atoms with Crippen molar-refractivity contribution >= 4 is 0 Å². The largest absolute Gasteiger partial charge is 0.416 e. The van der Waals surface area contributed by atoms with Crippen LogP contribution in [0.2, 0.25) is 0 Å². The van der Waals surface area contributed by atoms with Crippen LogP contribution < -0.4 is 16.8 Å². The highest BCUT2D eigenvalue weighted by Crippen LogP contribution is 2.36. The molecular formula is C14H19F6N3. The van der Waals surface area contributed by atoms with Gasteiger partial charge in [0.05, 0.1) is 11.1 Å². The number of rotatable bonds is 7. The van der Waals surface area contributed by atoms with Crippen molar-refractivity contribution in [2.45, 2.75) is 37.8 Å². The van der Waals surface area contributed by atoms with Gasteiger partial charge in [-0.25, -0.2) is 0 Å². The number of hydrogen-bond acceptors (Lipinski definition) is 3. The van der Waals surface area contributed by atoms with Crippen LogP contribution in [0.3, 0.4) is 0 Å². The SMILES string of the molecule is NCCC[C@H](N)CNCc1cc(C(F)(F)F)cc(C(F)(F)F)c1. The number of alkyl halides is 6. The van der Waals surface area contributed by atoms with Gasteiger partial charge in [-0.2, -0.15) is 26.3 Å². The molecule has 0 radical (unpaired) electrons. The Kier molecular flexibility index (Phi) is 6.84. The number of nitrogens with one attached hydrogen (secondary N) is 1. The quantitative estimate of drug-likeness (QED) is 0.667. The lowest BCUT2D eigenvalue weighted by Crippen LogP contribution is -2.34. The van der Waals surface area contributed by atoms with E-state index in [1.54, 1.807) is 0 Å². The molecule has 5 N–H and O–H groups in total. The minimum atomic E-state index is -4.84. The summed E-state index contributed by atoms with van der Waals surface area (Å²) in [6, 6.07) is 1.25. The van der Waals surface area contributed by atoms with Gasteiger partial charge >= 0.3 is 12.4 Å². The number of nitrogens with two attached hydrogens (primary N) is 2. The van der Waals surface area contributed by atoms with Crippen LogP contribution in [0.15, 0.2) is 18.2 Å². The molecule has 0 unspecified atom stereocenters. The zero-order valence-corrected chi connectivity index (χ0v) is 12.3. The van der Waals surface area contributed by atoms with Crippen LogP contribution in [-0.2, 0) is 18.9 Å². The highest BCUT2D eigenvalue weighted by Gasteiger charge is 2.36. The topological polar surface area (TPSA) is 64.1 Å². The van der Waals surface area contributed by atoms with Crippen LogP contribution in [0, 0.1) is 0 Å². The molecule has 1 aromatic rings. The first-order chi connectivity index (χ1) is 10.5. The van der Waals surface area contributed by atoms with Gasteiger partial charge in [-0.05, 0) is 43.1 Å². The lowest BCUT2D eigenvalue weighted by molar-refractivity contribution is -0.143. The summed E-state index contributed by atoms with van der Waals surface area (Å²) in [6.07, 6.45) is -8.36. The predicted molar refractivity (Wildman–Crippen MR) is 74.4 cm³/mol. The molecule has 1 aromatic carbocycles. The van der Waals surface area contributed by atoms with Gasteiger partial charge < -0.3 is 16.8 Å². The van der Waals surface area contributed by atoms with E-state index in [1.807, 2.05) is 0 Å². The summed E-state index contributed by atoms with van der Waals surface area (Å²) in [5, 5.41) is 2.77. The van der Waals surface area contributed by atoms with Gasteiger partial charge in [0.2, 0.25) is 0 Å². The third kappa shape index (κ3) is 6.76. The number of hydrogen-bond donors (Lipinski definition) is 3. The van der Waals surface area contributed by atoms with Crippen LogP contribution in [0.25, 0.3) is 0 Å². The fraction of sp³-hybridized carbons (Fsp3) is 0.571. The maximum atomic E-state index is 12.7.